The van der Waals surface area contributed by atoms with Crippen LogP contribution in [0.4, 0.5) is 5.69 Å². The maximum absolute atomic E-state index is 12.5. The van der Waals surface area contributed by atoms with E-state index in [-0.39, 0.29) is 22.4 Å². The fourth-order valence-corrected chi connectivity index (χ4v) is 2.50. The first-order valence-corrected chi connectivity index (χ1v) is 7.44. The minimum Gasteiger partial charge on any atom is -0.490 e. The number of nitrogens with zero attached hydrogens (tertiary/aromatic N) is 1. The Bertz CT molecular complexity index is 810. The third-order valence-corrected chi connectivity index (χ3v) is 3.49. The van der Waals surface area contributed by atoms with E-state index in [9.17, 15) is 14.7 Å². The Balaban J connectivity index is 2.96. The molecular formula is C16H20N2O5. The van der Waals surface area contributed by atoms with E-state index in [0.717, 1.165) is 0 Å². The minimum atomic E-state index is -1.29. The second-order valence-electron chi connectivity index (χ2n) is 4.84. The molecule has 3 N–H and O–H groups in total. The molecule has 0 bridgehead atoms. The summed E-state index contributed by atoms with van der Waals surface area (Å²) in [4.78, 5) is 23.8. The highest BCUT2D eigenvalue weighted by atomic mass is 16.5. The molecule has 2 aromatic rings. The first-order valence-electron chi connectivity index (χ1n) is 7.44. The highest BCUT2D eigenvalue weighted by Crippen LogP contribution is 2.39. The van der Waals surface area contributed by atoms with Crippen LogP contribution in [-0.2, 0) is 6.54 Å². The number of nitrogens with two attached hydrogens (primary N) is 1. The number of rotatable bonds is 6. The number of ether oxygens (including phenoxy) is 2. The highest BCUT2D eigenvalue weighted by molar-refractivity contribution is 6.00. The van der Waals surface area contributed by atoms with Crippen LogP contribution >= 0.6 is 0 Å². The number of carboxylic acid groups (broad SMARTS) is 1. The van der Waals surface area contributed by atoms with Gasteiger partial charge < -0.3 is 24.9 Å². The van der Waals surface area contributed by atoms with Gasteiger partial charge in [-0.3, -0.25) is 4.79 Å². The molecule has 0 aliphatic heterocycles. The standard InChI is InChI=1S/C16H20N2O5/c1-4-18-8-9(16(20)21)14(19)12-10(18)7-11(22-5-2)15(13(12)17)23-6-3/h7-8H,4-6,17H2,1-3H3,(H,20,21). The number of aromatic carboxylic acids is 1. The lowest BCUT2D eigenvalue weighted by Gasteiger charge is -2.18. The topological polar surface area (TPSA) is 104 Å². The van der Waals surface area contributed by atoms with Gasteiger partial charge in [0.25, 0.3) is 0 Å². The number of anilines is 1. The zero-order valence-corrected chi connectivity index (χ0v) is 13.4. The van der Waals surface area contributed by atoms with Gasteiger partial charge in [-0.1, -0.05) is 0 Å². The third kappa shape index (κ3) is 2.81. The number of fused-ring (bicyclic) bond motifs is 1. The Morgan fingerprint density at radius 2 is 1.91 bits per heavy atom. The minimum absolute atomic E-state index is 0.100. The average molecular weight is 320 g/mol. The number of aromatic nitrogens is 1. The molecule has 0 amide bonds. The summed E-state index contributed by atoms with van der Waals surface area (Å²) in [5.41, 5.74) is 5.79. The molecule has 0 unspecified atom stereocenters. The van der Waals surface area contributed by atoms with Gasteiger partial charge in [-0.2, -0.15) is 0 Å². The van der Waals surface area contributed by atoms with Crippen LogP contribution in [0.3, 0.4) is 0 Å². The smallest absolute Gasteiger partial charge is 0.341 e. The number of nitrogen functional groups attached to an aromatic ring is 1. The van der Waals surface area contributed by atoms with Gasteiger partial charge in [0.15, 0.2) is 11.5 Å². The summed E-state index contributed by atoms with van der Waals surface area (Å²) in [5.74, 6) is -0.585. The van der Waals surface area contributed by atoms with Crippen LogP contribution < -0.4 is 20.6 Å². The average Bonchev–Trinajstić information content (AvgIpc) is 2.51. The number of hydrogen-bond acceptors (Lipinski definition) is 5. The summed E-state index contributed by atoms with van der Waals surface area (Å²) in [6.45, 7) is 6.71. The lowest BCUT2D eigenvalue weighted by Crippen LogP contribution is -2.20. The molecule has 0 saturated carbocycles. The Labute approximate surface area is 133 Å². The molecule has 1 aromatic heterocycles. The summed E-state index contributed by atoms with van der Waals surface area (Å²) < 4.78 is 12.7. The Morgan fingerprint density at radius 3 is 2.43 bits per heavy atom. The molecule has 0 radical (unpaired) electrons. The maximum Gasteiger partial charge on any atom is 0.341 e. The van der Waals surface area contributed by atoms with Crippen molar-refractivity contribution in [3.8, 4) is 11.5 Å². The molecule has 124 valence electrons. The molecule has 0 aliphatic rings. The number of hydrogen-bond donors (Lipinski definition) is 2. The van der Waals surface area contributed by atoms with Crippen molar-refractivity contribution in [2.75, 3.05) is 18.9 Å². The van der Waals surface area contributed by atoms with Gasteiger partial charge in [0.05, 0.1) is 29.8 Å². The molecule has 7 nitrogen and oxygen atoms in total. The molecule has 23 heavy (non-hydrogen) atoms. The molecule has 0 saturated heterocycles. The van der Waals surface area contributed by atoms with E-state index in [4.69, 9.17) is 15.2 Å². The van der Waals surface area contributed by atoms with Crippen molar-refractivity contribution in [2.45, 2.75) is 27.3 Å². The van der Waals surface area contributed by atoms with Crippen LogP contribution in [0.15, 0.2) is 17.1 Å². The van der Waals surface area contributed by atoms with Gasteiger partial charge in [-0.25, -0.2) is 4.79 Å². The van der Waals surface area contributed by atoms with Crippen molar-refractivity contribution >= 4 is 22.6 Å². The van der Waals surface area contributed by atoms with Crippen LogP contribution in [0.1, 0.15) is 31.1 Å². The van der Waals surface area contributed by atoms with Gasteiger partial charge in [-0.15, -0.1) is 0 Å². The van der Waals surface area contributed by atoms with Gasteiger partial charge in [-0.05, 0) is 20.8 Å². The largest absolute Gasteiger partial charge is 0.490 e. The van der Waals surface area contributed by atoms with Gasteiger partial charge in [0.2, 0.25) is 5.43 Å². The molecule has 7 heteroatoms. The van der Waals surface area contributed by atoms with Crippen LogP contribution in [0, 0.1) is 0 Å². The quantitative estimate of drug-likeness (QED) is 0.790. The normalized spacial score (nSPS) is 10.7. The zero-order chi connectivity index (χ0) is 17.1. The molecular weight excluding hydrogens is 300 g/mol. The van der Waals surface area contributed by atoms with Crippen molar-refractivity contribution in [1.29, 1.82) is 0 Å². The molecule has 0 aliphatic carbocycles. The molecule has 0 spiro atoms. The summed E-state index contributed by atoms with van der Waals surface area (Å²) in [6.07, 6.45) is 1.32. The van der Waals surface area contributed by atoms with E-state index >= 15 is 0 Å². The third-order valence-electron chi connectivity index (χ3n) is 3.49. The van der Waals surface area contributed by atoms with Crippen molar-refractivity contribution < 1.29 is 19.4 Å². The number of benzene rings is 1. The lowest BCUT2D eigenvalue weighted by atomic mass is 10.1. The van der Waals surface area contributed by atoms with Crippen molar-refractivity contribution in [3.05, 3.63) is 28.0 Å². The number of pyridine rings is 1. The molecule has 0 atom stereocenters. The first kappa shape index (κ1) is 16.7. The van der Waals surface area contributed by atoms with Gasteiger partial charge in [0, 0.05) is 18.8 Å². The zero-order valence-electron chi connectivity index (χ0n) is 13.4. The number of carboxylic acids is 1. The van der Waals surface area contributed by atoms with E-state index in [1.54, 1.807) is 17.6 Å². The second-order valence-corrected chi connectivity index (χ2v) is 4.84. The predicted molar refractivity (Wildman–Crippen MR) is 87.6 cm³/mol. The first-order chi connectivity index (χ1) is 11.0. The van der Waals surface area contributed by atoms with Crippen LogP contribution in [0.5, 0.6) is 11.5 Å². The fourth-order valence-electron chi connectivity index (χ4n) is 2.50. The highest BCUT2D eigenvalue weighted by Gasteiger charge is 2.21. The SMILES string of the molecule is CCOc1cc2c(c(N)c1OCC)c(=O)c(C(=O)O)cn2CC. The van der Waals surface area contributed by atoms with Crippen molar-refractivity contribution in [1.82, 2.24) is 4.57 Å². The molecule has 1 heterocycles. The number of aryl methyl sites for hydroxylation is 1. The fraction of sp³-hybridized carbons (Fsp3) is 0.375. The molecule has 0 fully saturated rings. The van der Waals surface area contributed by atoms with Crippen molar-refractivity contribution in [3.63, 3.8) is 0 Å². The van der Waals surface area contributed by atoms with E-state index < -0.39 is 11.4 Å². The van der Waals surface area contributed by atoms with Crippen molar-refractivity contribution in [2.24, 2.45) is 0 Å². The van der Waals surface area contributed by atoms with Crippen LogP contribution in [0.25, 0.3) is 10.9 Å². The molecule has 2 rings (SSSR count). The second kappa shape index (κ2) is 6.60. The Kier molecular flexibility index (Phi) is 4.78. The Hall–Kier alpha value is -2.70. The van der Waals surface area contributed by atoms with Gasteiger partial charge >= 0.3 is 5.97 Å². The summed E-state index contributed by atoms with van der Waals surface area (Å²) in [5, 5.41) is 9.38. The van der Waals surface area contributed by atoms with E-state index in [1.807, 2.05) is 13.8 Å². The molecule has 1 aromatic carbocycles. The predicted octanol–water partition coefficient (Wildman–Crippen LogP) is 2.10. The van der Waals surface area contributed by atoms with E-state index in [2.05, 4.69) is 0 Å². The van der Waals surface area contributed by atoms with Gasteiger partial charge in [0.1, 0.15) is 5.56 Å². The van der Waals surface area contributed by atoms with E-state index in [1.165, 1.54) is 6.20 Å². The number of carbonyl (C=O) groups is 1. The van der Waals surface area contributed by atoms with Crippen LogP contribution in [0.2, 0.25) is 0 Å². The van der Waals surface area contributed by atoms with Crippen LogP contribution in [-0.4, -0.2) is 28.9 Å². The monoisotopic (exact) mass is 320 g/mol. The summed E-state index contributed by atoms with van der Waals surface area (Å²) in [7, 11) is 0. The summed E-state index contributed by atoms with van der Waals surface area (Å²) in [6, 6.07) is 1.66. The Morgan fingerprint density at radius 1 is 1.26 bits per heavy atom. The summed E-state index contributed by atoms with van der Waals surface area (Å²) >= 11 is 0. The maximum atomic E-state index is 12.5. The van der Waals surface area contributed by atoms with E-state index in [0.29, 0.717) is 31.0 Å². The lowest BCUT2D eigenvalue weighted by molar-refractivity contribution is 0.0695.